The minimum Gasteiger partial charge on any atom is -0.385 e. The number of methoxy groups -OCH3 is 1. The van der Waals surface area contributed by atoms with Gasteiger partial charge in [0, 0.05) is 19.3 Å². The molecule has 2 heteroatoms. The van der Waals surface area contributed by atoms with Gasteiger partial charge in [0.2, 0.25) is 0 Å². The van der Waals surface area contributed by atoms with Crippen LogP contribution in [0.5, 0.6) is 0 Å². The molecule has 0 amide bonds. The van der Waals surface area contributed by atoms with Gasteiger partial charge in [-0.2, -0.15) is 0 Å². The van der Waals surface area contributed by atoms with Gasteiger partial charge in [-0.3, -0.25) is 0 Å². The second-order valence-electron chi connectivity index (χ2n) is 6.02. The van der Waals surface area contributed by atoms with Crippen molar-refractivity contribution in [3.05, 3.63) is 0 Å². The summed E-state index contributed by atoms with van der Waals surface area (Å²) in [6, 6.07) is 0. The van der Waals surface area contributed by atoms with Crippen molar-refractivity contribution in [1.82, 2.24) is 5.32 Å². The minimum absolute atomic E-state index is 0.256. The SMILES string of the molecule is COCCC1(CCNC(C)(C)C)CCC1. The zero-order valence-corrected chi connectivity index (χ0v) is 10.9. The van der Waals surface area contributed by atoms with E-state index in [4.69, 9.17) is 4.74 Å². The fraction of sp³-hybridized carbons (Fsp3) is 1.00. The van der Waals surface area contributed by atoms with Crippen LogP contribution < -0.4 is 5.32 Å². The van der Waals surface area contributed by atoms with E-state index in [9.17, 15) is 0 Å². The molecule has 0 aromatic rings. The van der Waals surface area contributed by atoms with Crippen molar-refractivity contribution in [3.63, 3.8) is 0 Å². The topological polar surface area (TPSA) is 21.3 Å². The van der Waals surface area contributed by atoms with Crippen molar-refractivity contribution < 1.29 is 4.74 Å². The molecule has 0 radical (unpaired) electrons. The third-order valence-corrected chi connectivity index (χ3v) is 3.56. The van der Waals surface area contributed by atoms with Gasteiger partial charge in [0.15, 0.2) is 0 Å². The molecule has 2 nitrogen and oxygen atoms in total. The van der Waals surface area contributed by atoms with Crippen molar-refractivity contribution in [1.29, 1.82) is 0 Å². The van der Waals surface area contributed by atoms with E-state index in [1.54, 1.807) is 7.11 Å². The Kier molecular flexibility index (Phi) is 4.60. The monoisotopic (exact) mass is 213 g/mol. The second-order valence-corrected chi connectivity index (χ2v) is 6.02. The molecule has 1 rings (SSSR count). The van der Waals surface area contributed by atoms with Crippen LogP contribution in [0.2, 0.25) is 0 Å². The maximum atomic E-state index is 5.20. The number of hydrogen-bond donors (Lipinski definition) is 1. The maximum Gasteiger partial charge on any atom is 0.0467 e. The van der Waals surface area contributed by atoms with Crippen molar-refractivity contribution in [2.24, 2.45) is 5.41 Å². The minimum atomic E-state index is 0.256. The largest absolute Gasteiger partial charge is 0.385 e. The van der Waals surface area contributed by atoms with Gasteiger partial charge < -0.3 is 10.1 Å². The molecule has 0 atom stereocenters. The van der Waals surface area contributed by atoms with Gasteiger partial charge >= 0.3 is 0 Å². The lowest BCUT2D eigenvalue weighted by molar-refractivity contribution is 0.0600. The average Bonchev–Trinajstić information content (AvgIpc) is 2.06. The van der Waals surface area contributed by atoms with E-state index in [2.05, 4.69) is 26.1 Å². The maximum absolute atomic E-state index is 5.20. The quantitative estimate of drug-likeness (QED) is 0.732. The number of rotatable bonds is 6. The Morgan fingerprint density at radius 1 is 1.20 bits per heavy atom. The predicted octanol–water partition coefficient (Wildman–Crippen LogP) is 2.97. The molecule has 0 aromatic carbocycles. The first-order chi connectivity index (χ1) is 6.97. The Balaban J connectivity index is 2.22. The van der Waals surface area contributed by atoms with Crippen LogP contribution in [-0.2, 0) is 4.74 Å². The van der Waals surface area contributed by atoms with Gasteiger partial charge in [0.05, 0.1) is 0 Å². The van der Waals surface area contributed by atoms with Gasteiger partial charge in [-0.25, -0.2) is 0 Å². The van der Waals surface area contributed by atoms with Crippen LogP contribution >= 0.6 is 0 Å². The molecule has 0 heterocycles. The molecule has 0 aromatic heterocycles. The van der Waals surface area contributed by atoms with Crippen LogP contribution in [0, 0.1) is 5.41 Å². The molecular formula is C13H27NO. The average molecular weight is 213 g/mol. The van der Waals surface area contributed by atoms with Crippen LogP contribution in [0.3, 0.4) is 0 Å². The van der Waals surface area contributed by atoms with Crippen molar-refractivity contribution in [3.8, 4) is 0 Å². The van der Waals surface area contributed by atoms with Crippen molar-refractivity contribution in [2.45, 2.75) is 58.4 Å². The molecule has 90 valence electrons. The Morgan fingerprint density at radius 2 is 1.87 bits per heavy atom. The molecule has 0 bridgehead atoms. The fourth-order valence-corrected chi connectivity index (χ4v) is 2.32. The first-order valence-electron chi connectivity index (χ1n) is 6.21. The predicted molar refractivity (Wildman–Crippen MR) is 65.1 cm³/mol. The molecule has 1 aliphatic carbocycles. The van der Waals surface area contributed by atoms with E-state index in [1.165, 1.54) is 32.1 Å². The van der Waals surface area contributed by atoms with Gasteiger partial charge in [-0.05, 0) is 58.4 Å². The second kappa shape index (κ2) is 5.31. The molecule has 15 heavy (non-hydrogen) atoms. The van der Waals surface area contributed by atoms with Gasteiger partial charge in [0.25, 0.3) is 0 Å². The van der Waals surface area contributed by atoms with Crippen LogP contribution in [0.4, 0.5) is 0 Å². The summed E-state index contributed by atoms with van der Waals surface area (Å²) in [7, 11) is 1.81. The third-order valence-electron chi connectivity index (χ3n) is 3.56. The van der Waals surface area contributed by atoms with E-state index < -0.39 is 0 Å². The highest BCUT2D eigenvalue weighted by atomic mass is 16.5. The Hall–Kier alpha value is -0.0800. The van der Waals surface area contributed by atoms with E-state index in [-0.39, 0.29) is 5.54 Å². The molecule has 1 fully saturated rings. The molecule has 1 N–H and O–H groups in total. The summed E-state index contributed by atoms with van der Waals surface area (Å²) in [4.78, 5) is 0. The number of nitrogens with one attached hydrogen (secondary N) is 1. The molecule has 0 saturated heterocycles. The summed E-state index contributed by atoms with van der Waals surface area (Å²) in [6.07, 6.45) is 6.78. The Labute approximate surface area is 94.8 Å². The lowest BCUT2D eigenvalue weighted by atomic mass is 9.65. The number of hydrogen-bond acceptors (Lipinski definition) is 2. The summed E-state index contributed by atoms with van der Waals surface area (Å²) in [5.41, 5.74) is 0.862. The van der Waals surface area contributed by atoms with Gasteiger partial charge in [0.1, 0.15) is 0 Å². The first kappa shape index (κ1) is 13.0. The van der Waals surface area contributed by atoms with E-state index >= 15 is 0 Å². The molecular weight excluding hydrogens is 186 g/mol. The van der Waals surface area contributed by atoms with Gasteiger partial charge in [-0.15, -0.1) is 0 Å². The third kappa shape index (κ3) is 4.52. The lowest BCUT2D eigenvalue weighted by Crippen LogP contribution is -2.40. The molecule has 0 unspecified atom stereocenters. The molecule has 1 saturated carbocycles. The Morgan fingerprint density at radius 3 is 2.27 bits per heavy atom. The zero-order chi connectivity index (χ0) is 11.4. The lowest BCUT2D eigenvalue weighted by Gasteiger charge is -2.42. The van der Waals surface area contributed by atoms with Crippen LogP contribution in [0.15, 0.2) is 0 Å². The standard InChI is InChI=1S/C13H27NO/c1-12(2,3)14-10-8-13(6-5-7-13)9-11-15-4/h14H,5-11H2,1-4H3. The van der Waals surface area contributed by atoms with Gasteiger partial charge in [-0.1, -0.05) is 6.42 Å². The van der Waals surface area contributed by atoms with E-state index in [0.29, 0.717) is 5.41 Å². The summed E-state index contributed by atoms with van der Waals surface area (Å²) in [6.45, 7) is 8.77. The number of ether oxygens (including phenoxy) is 1. The van der Waals surface area contributed by atoms with Crippen LogP contribution in [0.25, 0.3) is 0 Å². The molecule has 1 aliphatic rings. The molecule has 0 aliphatic heterocycles. The summed E-state index contributed by atoms with van der Waals surface area (Å²) in [5, 5.41) is 3.58. The summed E-state index contributed by atoms with van der Waals surface area (Å²) >= 11 is 0. The summed E-state index contributed by atoms with van der Waals surface area (Å²) in [5.74, 6) is 0. The Bertz CT molecular complexity index is 179. The first-order valence-corrected chi connectivity index (χ1v) is 6.21. The fourth-order valence-electron chi connectivity index (χ4n) is 2.32. The molecule has 0 spiro atoms. The van der Waals surface area contributed by atoms with Crippen molar-refractivity contribution in [2.75, 3.05) is 20.3 Å². The zero-order valence-electron chi connectivity index (χ0n) is 10.9. The van der Waals surface area contributed by atoms with E-state index in [1.807, 2.05) is 0 Å². The highest BCUT2D eigenvalue weighted by Crippen LogP contribution is 2.46. The highest BCUT2D eigenvalue weighted by molar-refractivity contribution is 4.88. The normalized spacial score (nSPS) is 20.0. The van der Waals surface area contributed by atoms with Crippen LogP contribution in [-0.4, -0.2) is 25.8 Å². The van der Waals surface area contributed by atoms with Crippen molar-refractivity contribution >= 4 is 0 Å². The van der Waals surface area contributed by atoms with Crippen LogP contribution in [0.1, 0.15) is 52.9 Å². The summed E-state index contributed by atoms with van der Waals surface area (Å²) < 4.78 is 5.20. The highest BCUT2D eigenvalue weighted by Gasteiger charge is 2.35. The van der Waals surface area contributed by atoms with E-state index in [0.717, 1.165) is 13.2 Å². The smallest absolute Gasteiger partial charge is 0.0467 e.